The highest BCUT2D eigenvalue weighted by Crippen LogP contribution is 2.25. The molecule has 0 nitrogen and oxygen atoms in total. The molecule has 2 rings (SSSR count). The highest BCUT2D eigenvalue weighted by Gasteiger charge is 2.04. The standard InChI is InChI=1S/C17H16BrCl/c1-13-4-6-14(7-5-13)17(3-2-12-18)15-8-10-16(19)11-9-15/h3-11H,2,12H2,1H3/b17-3+. The molecule has 0 spiro atoms. The summed E-state index contributed by atoms with van der Waals surface area (Å²) in [7, 11) is 0. The van der Waals surface area contributed by atoms with Crippen LogP contribution >= 0.6 is 27.5 Å². The Labute approximate surface area is 128 Å². The predicted octanol–water partition coefficient (Wildman–Crippen LogP) is 5.87. The molecule has 2 aromatic carbocycles. The quantitative estimate of drug-likeness (QED) is 0.613. The molecule has 0 bridgehead atoms. The third-order valence-corrected chi connectivity index (χ3v) is 3.69. The van der Waals surface area contributed by atoms with E-state index in [1.54, 1.807) is 0 Å². The fourth-order valence-electron chi connectivity index (χ4n) is 1.96. The van der Waals surface area contributed by atoms with Gasteiger partial charge in [-0.2, -0.15) is 0 Å². The van der Waals surface area contributed by atoms with Crippen molar-refractivity contribution >= 4 is 33.1 Å². The molecule has 0 radical (unpaired) electrons. The molecule has 0 aromatic heterocycles. The molecule has 0 unspecified atom stereocenters. The van der Waals surface area contributed by atoms with E-state index < -0.39 is 0 Å². The number of hydrogen-bond acceptors (Lipinski definition) is 0. The lowest BCUT2D eigenvalue weighted by atomic mass is 9.96. The number of aryl methyl sites for hydroxylation is 1. The molecule has 19 heavy (non-hydrogen) atoms. The topological polar surface area (TPSA) is 0 Å². The molecule has 0 aliphatic heterocycles. The lowest BCUT2D eigenvalue weighted by Gasteiger charge is -2.09. The lowest BCUT2D eigenvalue weighted by Crippen LogP contribution is -1.89. The molecule has 0 atom stereocenters. The van der Waals surface area contributed by atoms with Gasteiger partial charge in [-0.05, 0) is 42.2 Å². The molecule has 0 aliphatic rings. The first-order valence-corrected chi connectivity index (χ1v) is 7.80. The van der Waals surface area contributed by atoms with E-state index in [-0.39, 0.29) is 0 Å². The van der Waals surface area contributed by atoms with Crippen LogP contribution in [0.4, 0.5) is 0 Å². The van der Waals surface area contributed by atoms with E-state index in [4.69, 9.17) is 11.6 Å². The number of benzene rings is 2. The Bertz CT molecular complexity index is 505. The Balaban J connectivity index is 2.41. The summed E-state index contributed by atoms with van der Waals surface area (Å²) < 4.78 is 0. The SMILES string of the molecule is Cc1ccc(/C(=C\CCBr)c2ccc(Cl)cc2)cc1. The maximum Gasteiger partial charge on any atom is 0.0406 e. The summed E-state index contributed by atoms with van der Waals surface area (Å²) in [6, 6.07) is 16.7. The van der Waals surface area contributed by atoms with Gasteiger partial charge >= 0.3 is 0 Å². The fourth-order valence-corrected chi connectivity index (χ4v) is 2.32. The first-order chi connectivity index (χ1) is 9.20. The van der Waals surface area contributed by atoms with E-state index in [0.29, 0.717) is 0 Å². The van der Waals surface area contributed by atoms with Gasteiger partial charge in [0.25, 0.3) is 0 Å². The van der Waals surface area contributed by atoms with Crippen LogP contribution in [0, 0.1) is 6.92 Å². The first-order valence-electron chi connectivity index (χ1n) is 6.30. The molecule has 0 heterocycles. The minimum Gasteiger partial charge on any atom is -0.0925 e. The Hall–Kier alpha value is -1.05. The third-order valence-electron chi connectivity index (χ3n) is 2.98. The van der Waals surface area contributed by atoms with Crippen LogP contribution in [0.2, 0.25) is 5.02 Å². The van der Waals surface area contributed by atoms with Gasteiger partial charge in [0.15, 0.2) is 0 Å². The van der Waals surface area contributed by atoms with Gasteiger partial charge in [0.05, 0.1) is 0 Å². The van der Waals surface area contributed by atoms with E-state index in [1.165, 1.54) is 22.3 Å². The van der Waals surface area contributed by atoms with E-state index >= 15 is 0 Å². The van der Waals surface area contributed by atoms with Crippen molar-refractivity contribution in [3.05, 3.63) is 76.3 Å². The number of rotatable bonds is 4. The molecule has 0 saturated carbocycles. The van der Waals surface area contributed by atoms with Crippen molar-refractivity contribution in [3.8, 4) is 0 Å². The van der Waals surface area contributed by atoms with Gasteiger partial charge in [0, 0.05) is 10.4 Å². The van der Waals surface area contributed by atoms with Crippen LogP contribution < -0.4 is 0 Å². The van der Waals surface area contributed by atoms with Gasteiger partial charge in [-0.25, -0.2) is 0 Å². The van der Waals surface area contributed by atoms with Crippen LogP contribution in [-0.4, -0.2) is 5.33 Å². The van der Waals surface area contributed by atoms with E-state index in [9.17, 15) is 0 Å². The van der Waals surface area contributed by atoms with Crippen molar-refractivity contribution in [2.75, 3.05) is 5.33 Å². The van der Waals surface area contributed by atoms with Crippen molar-refractivity contribution < 1.29 is 0 Å². The van der Waals surface area contributed by atoms with Crippen molar-refractivity contribution in [2.24, 2.45) is 0 Å². The highest BCUT2D eigenvalue weighted by molar-refractivity contribution is 9.09. The van der Waals surface area contributed by atoms with Gasteiger partial charge in [-0.3, -0.25) is 0 Å². The monoisotopic (exact) mass is 334 g/mol. The second kappa shape index (κ2) is 6.93. The maximum absolute atomic E-state index is 5.96. The summed E-state index contributed by atoms with van der Waals surface area (Å²) in [5.74, 6) is 0. The molecule has 98 valence electrons. The van der Waals surface area contributed by atoms with Crippen molar-refractivity contribution in [1.29, 1.82) is 0 Å². The summed E-state index contributed by atoms with van der Waals surface area (Å²) in [5, 5.41) is 1.74. The van der Waals surface area contributed by atoms with Crippen LogP contribution in [0.1, 0.15) is 23.1 Å². The zero-order valence-electron chi connectivity index (χ0n) is 10.9. The molecular weight excluding hydrogens is 320 g/mol. The van der Waals surface area contributed by atoms with Crippen LogP contribution in [0.15, 0.2) is 54.6 Å². The highest BCUT2D eigenvalue weighted by atomic mass is 79.9. The minimum atomic E-state index is 0.771. The van der Waals surface area contributed by atoms with E-state index in [2.05, 4.69) is 65.3 Å². The molecule has 0 amide bonds. The van der Waals surface area contributed by atoms with Crippen LogP contribution in [0.3, 0.4) is 0 Å². The number of halogens is 2. The Morgan fingerprint density at radius 2 is 1.53 bits per heavy atom. The Kier molecular flexibility index (Phi) is 5.24. The lowest BCUT2D eigenvalue weighted by molar-refractivity contribution is 1.26. The summed E-state index contributed by atoms with van der Waals surface area (Å²) in [6.45, 7) is 2.11. The zero-order chi connectivity index (χ0) is 13.7. The number of allylic oxidation sites excluding steroid dienone is 1. The summed E-state index contributed by atoms with van der Waals surface area (Å²) in [6.07, 6.45) is 3.27. The summed E-state index contributed by atoms with van der Waals surface area (Å²) in [5.41, 5.74) is 4.99. The largest absolute Gasteiger partial charge is 0.0925 e. The molecule has 0 N–H and O–H groups in total. The number of alkyl halides is 1. The Morgan fingerprint density at radius 1 is 1.00 bits per heavy atom. The average molecular weight is 336 g/mol. The molecule has 0 fully saturated rings. The predicted molar refractivity (Wildman–Crippen MR) is 88.1 cm³/mol. The van der Waals surface area contributed by atoms with Gasteiger partial charge in [0.1, 0.15) is 0 Å². The molecule has 0 saturated heterocycles. The van der Waals surface area contributed by atoms with Crippen molar-refractivity contribution in [2.45, 2.75) is 13.3 Å². The molecule has 2 aromatic rings. The van der Waals surface area contributed by atoms with E-state index in [1.807, 2.05) is 12.1 Å². The zero-order valence-corrected chi connectivity index (χ0v) is 13.2. The van der Waals surface area contributed by atoms with Crippen LogP contribution in [-0.2, 0) is 0 Å². The van der Waals surface area contributed by atoms with Crippen molar-refractivity contribution in [3.63, 3.8) is 0 Å². The van der Waals surface area contributed by atoms with Gasteiger partial charge in [-0.1, -0.05) is 75.6 Å². The Morgan fingerprint density at radius 3 is 2.05 bits per heavy atom. The summed E-state index contributed by atoms with van der Waals surface area (Å²) in [4.78, 5) is 0. The number of hydrogen-bond donors (Lipinski definition) is 0. The first kappa shape index (κ1) is 14.4. The third kappa shape index (κ3) is 3.95. The van der Waals surface area contributed by atoms with E-state index in [0.717, 1.165) is 16.8 Å². The smallest absolute Gasteiger partial charge is 0.0406 e. The second-order valence-electron chi connectivity index (χ2n) is 4.47. The minimum absolute atomic E-state index is 0.771. The fraction of sp³-hybridized carbons (Fsp3) is 0.176. The maximum atomic E-state index is 5.96. The van der Waals surface area contributed by atoms with Gasteiger partial charge in [0.2, 0.25) is 0 Å². The van der Waals surface area contributed by atoms with Gasteiger partial charge in [-0.15, -0.1) is 0 Å². The summed E-state index contributed by atoms with van der Waals surface area (Å²) >= 11 is 9.44. The van der Waals surface area contributed by atoms with Crippen LogP contribution in [0.25, 0.3) is 5.57 Å². The van der Waals surface area contributed by atoms with Crippen molar-refractivity contribution in [1.82, 2.24) is 0 Å². The van der Waals surface area contributed by atoms with Gasteiger partial charge < -0.3 is 0 Å². The normalized spacial score (nSPS) is 11.6. The molecule has 0 aliphatic carbocycles. The molecular formula is C17H16BrCl. The van der Waals surface area contributed by atoms with Crippen LogP contribution in [0.5, 0.6) is 0 Å². The second-order valence-corrected chi connectivity index (χ2v) is 5.70. The molecule has 2 heteroatoms. The average Bonchev–Trinajstić information content (AvgIpc) is 2.43.